The highest BCUT2D eigenvalue weighted by Crippen LogP contribution is 2.33. The van der Waals surface area contributed by atoms with Crippen molar-refractivity contribution < 1.29 is 0 Å². The lowest BCUT2D eigenvalue weighted by Gasteiger charge is -2.33. The topological polar surface area (TPSA) is 0 Å². The van der Waals surface area contributed by atoms with Gasteiger partial charge in [0, 0.05) is 0 Å². The van der Waals surface area contributed by atoms with Crippen molar-refractivity contribution in [2.75, 3.05) is 0 Å². The van der Waals surface area contributed by atoms with Gasteiger partial charge < -0.3 is 0 Å². The molecule has 0 nitrogen and oxygen atoms in total. The summed E-state index contributed by atoms with van der Waals surface area (Å²) in [5.74, 6) is 1.58. The minimum absolute atomic E-state index is 0. The Bertz CT molecular complexity index is 72.7. The van der Waals surface area contributed by atoms with Crippen LogP contribution in [0.3, 0.4) is 0 Å². The summed E-state index contributed by atoms with van der Waals surface area (Å²) in [6, 6.07) is 0. The first kappa shape index (κ1) is 13.0. The SMILES string of the molecule is CC(C)C(C)(C)C(C)C.S. The van der Waals surface area contributed by atoms with Gasteiger partial charge in [-0.05, 0) is 17.3 Å². The fourth-order valence-corrected chi connectivity index (χ4v) is 0.667. The maximum Gasteiger partial charge on any atom is -0.0308 e. The number of hydrogen-bond donors (Lipinski definition) is 0. The third-order valence-electron chi connectivity index (χ3n) is 2.98. The van der Waals surface area contributed by atoms with Gasteiger partial charge in [-0.15, -0.1) is 0 Å². The summed E-state index contributed by atoms with van der Waals surface area (Å²) in [6.45, 7) is 13.8. The molecule has 0 fully saturated rings. The van der Waals surface area contributed by atoms with Gasteiger partial charge in [-0.1, -0.05) is 41.5 Å². The molecule has 64 valence electrons. The molecule has 0 aliphatic heterocycles. The van der Waals surface area contributed by atoms with Crippen molar-refractivity contribution in [2.45, 2.75) is 41.5 Å². The van der Waals surface area contributed by atoms with Crippen molar-refractivity contribution in [1.29, 1.82) is 0 Å². The first-order chi connectivity index (χ1) is 3.89. The fourth-order valence-electron chi connectivity index (χ4n) is 0.667. The molecular formula is C9H22S. The van der Waals surface area contributed by atoms with Crippen molar-refractivity contribution >= 4 is 13.5 Å². The molecule has 10 heavy (non-hydrogen) atoms. The molecule has 0 aromatic carbocycles. The minimum atomic E-state index is 0. The van der Waals surface area contributed by atoms with Crippen LogP contribution in [0, 0.1) is 17.3 Å². The van der Waals surface area contributed by atoms with Crippen LogP contribution in [0.1, 0.15) is 41.5 Å². The lowest BCUT2D eigenvalue weighted by atomic mass is 9.72. The molecule has 0 saturated carbocycles. The van der Waals surface area contributed by atoms with Crippen LogP contribution >= 0.6 is 13.5 Å². The van der Waals surface area contributed by atoms with Gasteiger partial charge in [-0.2, -0.15) is 13.5 Å². The molecule has 0 amide bonds. The van der Waals surface area contributed by atoms with Crippen molar-refractivity contribution in [1.82, 2.24) is 0 Å². The Balaban J connectivity index is 0. The third-order valence-corrected chi connectivity index (χ3v) is 2.98. The van der Waals surface area contributed by atoms with Crippen molar-refractivity contribution in [3.63, 3.8) is 0 Å². The summed E-state index contributed by atoms with van der Waals surface area (Å²) in [5, 5.41) is 0. The Morgan fingerprint density at radius 2 is 1.00 bits per heavy atom. The maximum atomic E-state index is 2.34. The second-order valence-corrected chi connectivity index (χ2v) is 4.13. The molecule has 0 bridgehead atoms. The largest absolute Gasteiger partial charge is 0.197 e. The fraction of sp³-hybridized carbons (Fsp3) is 1.00. The van der Waals surface area contributed by atoms with Crippen LogP contribution in [0.25, 0.3) is 0 Å². The van der Waals surface area contributed by atoms with Gasteiger partial charge in [0.15, 0.2) is 0 Å². The summed E-state index contributed by atoms with van der Waals surface area (Å²) in [7, 11) is 0. The summed E-state index contributed by atoms with van der Waals surface area (Å²) in [4.78, 5) is 0. The molecule has 0 unspecified atom stereocenters. The van der Waals surface area contributed by atoms with E-state index < -0.39 is 0 Å². The quantitative estimate of drug-likeness (QED) is 0.583. The van der Waals surface area contributed by atoms with Gasteiger partial charge in [0.1, 0.15) is 0 Å². The molecule has 0 heterocycles. The second-order valence-electron chi connectivity index (χ2n) is 4.13. The van der Waals surface area contributed by atoms with E-state index in [1.165, 1.54) is 0 Å². The molecule has 1 heteroatoms. The third kappa shape index (κ3) is 2.96. The first-order valence-corrected chi connectivity index (χ1v) is 3.89. The van der Waals surface area contributed by atoms with E-state index in [9.17, 15) is 0 Å². The van der Waals surface area contributed by atoms with E-state index in [4.69, 9.17) is 0 Å². The van der Waals surface area contributed by atoms with E-state index in [2.05, 4.69) is 41.5 Å². The molecule has 0 N–H and O–H groups in total. The van der Waals surface area contributed by atoms with Crippen LogP contribution in [0.15, 0.2) is 0 Å². The summed E-state index contributed by atoms with van der Waals surface area (Å²) in [5.41, 5.74) is 0.500. The standard InChI is InChI=1S/C9H20.H2S/c1-7(2)9(5,6)8(3)4;/h7-8H,1-6H3;1H2. The highest BCUT2D eigenvalue weighted by atomic mass is 32.1. The highest BCUT2D eigenvalue weighted by molar-refractivity contribution is 7.59. The second kappa shape index (κ2) is 4.27. The molecule has 0 saturated heterocycles. The van der Waals surface area contributed by atoms with E-state index >= 15 is 0 Å². The van der Waals surface area contributed by atoms with E-state index in [-0.39, 0.29) is 13.5 Å². The molecule has 0 radical (unpaired) electrons. The van der Waals surface area contributed by atoms with Crippen LogP contribution in [-0.2, 0) is 0 Å². The van der Waals surface area contributed by atoms with Crippen LogP contribution < -0.4 is 0 Å². The first-order valence-electron chi connectivity index (χ1n) is 3.89. The summed E-state index contributed by atoms with van der Waals surface area (Å²) < 4.78 is 0. The molecule has 0 aromatic heterocycles. The lowest BCUT2D eigenvalue weighted by Crippen LogP contribution is -2.25. The highest BCUT2D eigenvalue weighted by Gasteiger charge is 2.25. The minimum Gasteiger partial charge on any atom is -0.197 e. The Morgan fingerprint density at radius 1 is 0.800 bits per heavy atom. The molecule has 0 aliphatic carbocycles. The molecule has 0 rings (SSSR count). The van der Waals surface area contributed by atoms with Crippen molar-refractivity contribution in [3.05, 3.63) is 0 Å². The lowest BCUT2D eigenvalue weighted by molar-refractivity contribution is 0.165. The van der Waals surface area contributed by atoms with Gasteiger partial charge in [0.25, 0.3) is 0 Å². The van der Waals surface area contributed by atoms with Crippen molar-refractivity contribution in [2.24, 2.45) is 17.3 Å². The zero-order chi connectivity index (χ0) is 7.65. The average Bonchev–Trinajstić information content (AvgIpc) is 1.65. The Hall–Kier alpha value is 0.350. The van der Waals surface area contributed by atoms with Crippen LogP contribution in [0.5, 0.6) is 0 Å². The predicted molar refractivity (Wildman–Crippen MR) is 53.8 cm³/mol. The molecule has 0 aromatic rings. The zero-order valence-corrected chi connectivity index (χ0v) is 9.15. The summed E-state index contributed by atoms with van der Waals surface area (Å²) in [6.07, 6.45) is 0. The summed E-state index contributed by atoms with van der Waals surface area (Å²) >= 11 is 0. The van der Waals surface area contributed by atoms with Gasteiger partial charge in [-0.25, -0.2) is 0 Å². The molecule has 0 spiro atoms. The van der Waals surface area contributed by atoms with Gasteiger partial charge >= 0.3 is 0 Å². The smallest absolute Gasteiger partial charge is 0.0308 e. The Kier molecular flexibility index (Phi) is 5.55. The van der Waals surface area contributed by atoms with Crippen LogP contribution in [0.4, 0.5) is 0 Å². The molecule has 0 atom stereocenters. The molecule has 0 aliphatic rings. The van der Waals surface area contributed by atoms with E-state index in [1.54, 1.807) is 0 Å². The Morgan fingerprint density at radius 3 is 1.00 bits per heavy atom. The molecular weight excluding hydrogens is 140 g/mol. The van der Waals surface area contributed by atoms with Crippen LogP contribution in [-0.4, -0.2) is 0 Å². The van der Waals surface area contributed by atoms with Gasteiger partial charge in [-0.3, -0.25) is 0 Å². The zero-order valence-electron chi connectivity index (χ0n) is 8.15. The van der Waals surface area contributed by atoms with E-state index in [0.29, 0.717) is 5.41 Å². The maximum absolute atomic E-state index is 2.34. The van der Waals surface area contributed by atoms with E-state index in [1.807, 2.05) is 0 Å². The monoisotopic (exact) mass is 162 g/mol. The predicted octanol–water partition coefficient (Wildman–Crippen LogP) is 3.44. The Labute approximate surface area is 72.9 Å². The number of hydrogen-bond acceptors (Lipinski definition) is 0. The normalized spacial score (nSPS) is 12.0. The van der Waals surface area contributed by atoms with E-state index in [0.717, 1.165) is 11.8 Å². The van der Waals surface area contributed by atoms with Crippen LogP contribution in [0.2, 0.25) is 0 Å². The van der Waals surface area contributed by atoms with Crippen molar-refractivity contribution in [3.8, 4) is 0 Å². The average molecular weight is 162 g/mol. The van der Waals surface area contributed by atoms with Gasteiger partial charge in [0.05, 0.1) is 0 Å². The van der Waals surface area contributed by atoms with Gasteiger partial charge in [0.2, 0.25) is 0 Å². The number of rotatable bonds is 2.